The first-order valence-electron chi connectivity index (χ1n) is 9.22. The molecule has 0 spiro atoms. The lowest BCUT2D eigenvalue weighted by Crippen LogP contribution is -2.64. The molecule has 0 saturated carbocycles. The predicted octanol–water partition coefficient (Wildman–Crippen LogP) is 0.171. The zero-order valence-electron chi connectivity index (χ0n) is 15.6. The number of aliphatic hydroxyl groups is 4. The summed E-state index contributed by atoms with van der Waals surface area (Å²) in [5.74, 6) is -1.93. The Morgan fingerprint density at radius 3 is 2.67 bits per heavy atom. The molecule has 0 radical (unpaired) electrons. The van der Waals surface area contributed by atoms with E-state index in [9.17, 15) is 25.2 Å². The molecule has 30 heavy (non-hydrogen) atoms. The number of ether oxygens (including phenoxy) is 1. The molecule has 10 heteroatoms. The molecule has 9 nitrogen and oxygen atoms in total. The van der Waals surface area contributed by atoms with E-state index in [4.69, 9.17) is 4.74 Å². The number of fused-ring (bicyclic) bond motifs is 1. The van der Waals surface area contributed by atoms with Gasteiger partial charge in [0.1, 0.15) is 18.3 Å². The molecule has 2 heterocycles. The Morgan fingerprint density at radius 1 is 1.20 bits per heavy atom. The average molecular weight is 478 g/mol. The number of nitrogens with zero attached hydrogens (tertiary/aromatic N) is 2. The highest BCUT2D eigenvalue weighted by Gasteiger charge is 2.48. The van der Waals surface area contributed by atoms with Crippen LogP contribution in [0.5, 0.6) is 0 Å². The van der Waals surface area contributed by atoms with Crippen LogP contribution in [0.2, 0.25) is 0 Å². The van der Waals surface area contributed by atoms with E-state index in [-0.39, 0.29) is 6.61 Å². The quantitative estimate of drug-likeness (QED) is 0.358. The number of hydrogen-bond acceptors (Lipinski definition) is 8. The summed E-state index contributed by atoms with van der Waals surface area (Å²) in [5.41, 5.74) is 3.49. The van der Waals surface area contributed by atoms with Crippen molar-refractivity contribution in [2.75, 3.05) is 18.6 Å². The Hall–Kier alpha value is -2.34. The van der Waals surface area contributed by atoms with Gasteiger partial charge < -0.3 is 30.6 Å². The highest BCUT2D eigenvalue weighted by molar-refractivity contribution is 9.10. The minimum atomic E-state index is -2.22. The fourth-order valence-electron chi connectivity index (χ4n) is 3.32. The molecule has 0 aliphatic carbocycles. The normalized spacial score (nSPS) is 26.6. The number of nitrogens with one attached hydrogen (secondary N) is 1. The van der Waals surface area contributed by atoms with Gasteiger partial charge in [-0.05, 0) is 18.2 Å². The molecule has 1 saturated heterocycles. The fraction of sp³-hybridized carbons (Fsp3) is 0.300. The minimum absolute atomic E-state index is 0.296. The van der Waals surface area contributed by atoms with Crippen LogP contribution < -0.4 is 11.0 Å². The second-order valence-corrected chi connectivity index (χ2v) is 8.01. The van der Waals surface area contributed by atoms with Crippen molar-refractivity contribution in [2.45, 2.75) is 24.1 Å². The van der Waals surface area contributed by atoms with Crippen molar-refractivity contribution in [1.29, 1.82) is 0 Å². The van der Waals surface area contributed by atoms with Gasteiger partial charge in [0.05, 0.1) is 24.1 Å². The molecule has 3 aromatic rings. The predicted molar refractivity (Wildman–Crippen MR) is 112 cm³/mol. The maximum Gasteiger partial charge on any atom is 0.280 e. The smallest absolute Gasteiger partial charge is 0.280 e. The standard InChI is InChI=1S/C20H20BrN3O6/c21-12-6-7-14-13(8-12)19(28)24(18(23-14)11-4-2-1-3-5-11)22-10-20(29)17(27)16(26)15(25)9-30-20/h1-8,15-17,22,25-27,29H,9-10H2/t15-,16-,17-,20-/m1/s1. The molecule has 1 aliphatic heterocycles. The van der Waals surface area contributed by atoms with E-state index >= 15 is 0 Å². The second-order valence-electron chi connectivity index (χ2n) is 7.10. The Labute approximate surface area is 179 Å². The zero-order valence-corrected chi connectivity index (χ0v) is 17.2. The van der Waals surface area contributed by atoms with Crippen LogP contribution in [0.3, 0.4) is 0 Å². The van der Waals surface area contributed by atoms with E-state index in [0.717, 1.165) is 4.68 Å². The summed E-state index contributed by atoms with van der Waals surface area (Å²) in [5, 5.41) is 40.7. The first-order valence-corrected chi connectivity index (χ1v) is 10.0. The minimum Gasteiger partial charge on any atom is -0.388 e. The fourth-order valence-corrected chi connectivity index (χ4v) is 3.69. The number of rotatable bonds is 4. The molecular formula is C20H20BrN3O6. The summed E-state index contributed by atoms with van der Waals surface area (Å²) >= 11 is 3.34. The lowest BCUT2D eigenvalue weighted by molar-refractivity contribution is -0.314. The molecule has 1 fully saturated rings. The summed E-state index contributed by atoms with van der Waals surface area (Å²) in [6, 6.07) is 14.1. The Morgan fingerprint density at radius 2 is 1.93 bits per heavy atom. The van der Waals surface area contributed by atoms with Crippen LogP contribution in [-0.2, 0) is 4.74 Å². The Bertz CT molecular complexity index is 1120. The SMILES string of the molecule is O=c1c2cc(Br)ccc2nc(-c2ccccc2)n1NC[C@@]1(O)OC[C@@H](O)[C@@H](O)[C@H]1O. The zero-order chi connectivity index (χ0) is 21.5. The lowest BCUT2D eigenvalue weighted by atomic mass is 9.97. The van der Waals surface area contributed by atoms with E-state index in [1.54, 1.807) is 42.5 Å². The van der Waals surface area contributed by atoms with Crippen LogP contribution in [0, 0.1) is 0 Å². The molecule has 4 rings (SSSR count). The number of aliphatic hydroxyl groups excluding tert-OH is 3. The van der Waals surface area contributed by atoms with Gasteiger partial charge in [-0.15, -0.1) is 0 Å². The first-order chi connectivity index (χ1) is 14.3. The van der Waals surface area contributed by atoms with Crippen LogP contribution in [0.1, 0.15) is 0 Å². The van der Waals surface area contributed by atoms with Crippen LogP contribution in [0.15, 0.2) is 57.8 Å². The first kappa shape index (κ1) is 20.9. The third-order valence-electron chi connectivity index (χ3n) is 5.04. The highest BCUT2D eigenvalue weighted by atomic mass is 79.9. The maximum absolute atomic E-state index is 13.2. The van der Waals surface area contributed by atoms with Crippen LogP contribution in [-0.4, -0.2) is 67.3 Å². The van der Waals surface area contributed by atoms with Crippen LogP contribution in [0.4, 0.5) is 0 Å². The van der Waals surface area contributed by atoms with Crippen molar-refractivity contribution in [1.82, 2.24) is 9.66 Å². The van der Waals surface area contributed by atoms with Crippen molar-refractivity contribution < 1.29 is 25.2 Å². The van der Waals surface area contributed by atoms with Crippen molar-refractivity contribution in [3.63, 3.8) is 0 Å². The third-order valence-corrected chi connectivity index (χ3v) is 5.53. The van der Waals surface area contributed by atoms with Gasteiger partial charge in [0.15, 0.2) is 5.82 Å². The summed E-state index contributed by atoms with van der Waals surface area (Å²) in [6.07, 6.45) is -4.71. The van der Waals surface area contributed by atoms with Crippen LogP contribution >= 0.6 is 15.9 Å². The molecule has 2 aromatic carbocycles. The van der Waals surface area contributed by atoms with Gasteiger partial charge in [-0.2, -0.15) is 0 Å². The van der Waals surface area contributed by atoms with Gasteiger partial charge in [-0.1, -0.05) is 46.3 Å². The molecule has 158 valence electrons. The summed E-state index contributed by atoms with van der Waals surface area (Å²) < 4.78 is 7.03. The maximum atomic E-state index is 13.2. The van der Waals surface area contributed by atoms with E-state index in [1.807, 2.05) is 6.07 Å². The molecule has 0 bridgehead atoms. The van der Waals surface area contributed by atoms with Crippen molar-refractivity contribution >= 4 is 26.8 Å². The monoisotopic (exact) mass is 477 g/mol. The largest absolute Gasteiger partial charge is 0.388 e. The number of benzene rings is 2. The number of hydrogen-bond donors (Lipinski definition) is 5. The molecule has 0 unspecified atom stereocenters. The van der Waals surface area contributed by atoms with Gasteiger partial charge in [0, 0.05) is 10.0 Å². The molecule has 5 N–H and O–H groups in total. The molecule has 4 atom stereocenters. The average Bonchev–Trinajstić information content (AvgIpc) is 2.75. The van der Waals surface area contributed by atoms with Crippen LogP contribution in [0.25, 0.3) is 22.3 Å². The molecule has 1 aromatic heterocycles. The topological polar surface area (TPSA) is 137 Å². The number of halogens is 1. The van der Waals surface area contributed by atoms with Gasteiger partial charge in [-0.3, -0.25) is 4.79 Å². The highest BCUT2D eigenvalue weighted by Crippen LogP contribution is 2.25. The van der Waals surface area contributed by atoms with Crippen molar-refractivity contribution in [2.24, 2.45) is 0 Å². The van der Waals surface area contributed by atoms with E-state index in [0.29, 0.717) is 26.8 Å². The molecule has 0 amide bonds. The summed E-state index contributed by atoms with van der Waals surface area (Å²) in [6.45, 7) is -0.821. The number of aromatic nitrogens is 2. The third kappa shape index (κ3) is 3.73. The second kappa shape index (κ2) is 8.06. The summed E-state index contributed by atoms with van der Waals surface area (Å²) in [7, 11) is 0. The van der Waals surface area contributed by atoms with Gasteiger partial charge in [0.2, 0.25) is 5.79 Å². The van der Waals surface area contributed by atoms with E-state index < -0.39 is 36.2 Å². The van der Waals surface area contributed by atoms with Gasteiger partial charge in [0.25, 0.3) is 5.56 Å². The van der Waals surface area contributed by atoms with Gasteiger partial charge >= 0.3 is 0 Å². The Balaban J connectivity index is 1.77. The van der Waals surface area contributed by atoms with E-state index in [2.05, 4.69) is 26.3 Å². The van der Waals surface area contributed by atoms with Crippen molar-refractivity contribution in [3.8, 4) is 11.4 Å². The lowest BCUT2D eigenvalue weighted by Gasteiger charge is -2.41. The summed E-state index contributed by atoms with van der Waals surface area (Å²) in [4.78, 5) is 17.8. The Kier molecular flexibility index (Phi) is 5.62. The van der Waals surface area contributed by atoms with E-state index in [1.165, 1.54) is 0 Å². The molecular weight excluding hydrogens is 458 g/mol. The van der Waals surface area contributed by atoms with Crippen molar-refractivity contribution in [3.05, 3.63) is 63.4 Å². The van der Waals surface area contributed by atoms with Gasteiger partial charge in [-0.25, -0.2) is 9.66 Å². The molecule has 1 aliphatic rings.